The van der Waals surface area contributed by atoms with E-state index in [1.165, 1.54) is 6.08 Å². The molecule has 0 saturated carbocycles. The summed E-state index contributed by atoms with van der Waals surface area (Å²) >= 11 is 0. The molecule has 0 unspecified atom stereocenters. The maximum Gasteiger partial charge on any atom is 0.408 e. The molecule has 3 amide bonds. The Bertz CT molecular complexity index is 792. The maximum atomic E-state index is 12.4. The number of hydrogen-bond donors (Lipinski definition) is 1. The lowest BCUT2D eigenvalue weighted by atomic mass is 10.1. The quantitative estimate of drug-likeness (QED) is 0.343. The molecule has 0 bridgehead atoms. The summed E-state index contributed by atoms with van der Waals surface area (Å²) in [6, 6.07) is 7.66. The predicted molar refractivity (Wildman–Crippen MR) is 101 cm³/mol. The third kappa shape index (κ3) is 7.04. The Balaban J connectivity index is 1.92. The summed E-state index contributed by atoms with van der Waals surface area (Å²) in [5.41, 5.74) is 0.791. The number of hydrogen-bond acceptors (Lipinski definition) is 8. The van der Waals surface area contributed by atoms with Gasteiger partial charge in [-0.1, -0.05) is 43.0 Å². The highest BCUT2D eigenvalue weighted by Gasteiger charge is 2.35. The van der Waals surface area contributed by atoms with Gasteiger partial charge in [-0.2, -0.15) is 0 Å². The first-order valence-corrected chi connectivity index (χ1v) is 9.22. The highest BCUT2D eigenvalue weighted by atomic mass is 16.7. The van der Waals surface area contributed by atoms with Crippen LogP contribution in [0.3, 0.4) is 0 Å². The Morgan fingerprint density at radius 2 is 1.77 bits per heavy atom. The zero-order valence-corrected chi connectivity index (χ0v) is 16.2. The van der Waals surface area contributed by atoms with E-state index in [0.29, 0.717) is 5.06 Å². The minimum Gasteiger partial charge on any atom is -0.461 e. The molecule has 1 aliphatic rings. The van der Waals surface area contributed by atoms with Crippen molar-refractivity contribution < 1.29 is 38.3 Å². The molecule has 0 spiro atoms. The van der Waals surface area contributed by atoms with Gasteiger partial charge in [0, 0.05) is 19.3 Å². The molecule has 0 aromatic heterocycles. The fourth-order valence-corrected chi connectivity index (χ4v) is 2.45. The largest absolute Gasteiger partial charge is 0.461 e. The molecule has 0 aliphatic carbocycles. The van der Waals surface area contributed by atoms with Crippen LogP contribution >= 0.6 is 0 Å². The van der Waals surface area contributed by atoms with Gasteiger partial charge in [0.2, 0.25) is 0 Å². The highest BCUT2D eigenvalue weighted by Crippen LogP contribution is 2.14. The molecular weight excluding hydrogens is 396 g/mol. The van der Waals surface area contributed by atoms with Gasteiger partial charge in [0.05, 0.1) is 0 Å². The number of ether oxygens (including phenoxy) is 2. The van der Waals surface area contributed by atoms with Crippen molar-refractivity contribution in [1.82, 2.24) is 10.4 Å². The van der Waals surface area contributed by atoms with E-state index in [4.69, 9.17) is 14.3 Å². The fraction of sp³-hybridized carbons (Fsp3) is 0.350. The average Bonchev–Trinajstić information content (AvgIpc) is 3.06. The van der Waals surface area contributed by atoms with Crippen LogP contribution in [0.2, 0.25) is 0 Å². The van der Waals surface area contributed by atoms with Crippen LogP contribution in [-0.4, -0.2) is 47.6 Å². The summed E-state index contributed by atoms with van der Waals surface area (Å²) in [7, 11) is 0. The number of carbonyl (C=O) groups excluding carboxylic acids is 5. The Hall–Kier alpha value is -3.69. The van der Waals surface area contributed by atoms with Crippen LogP contribution < -0.4 is 5.32 Å². The highest BCUT2D eigenvalue weighted by molar-refractivity contribution is 6.01. The summed E-state index contributed by atoms with van der Waals surface area (Å²) in [4.78, 5) is 64.2. The van der Waals surface area contributed by atoms with Crippen LogP contribution in [0.4, 0.5) is 4.79 Å². The molecule has 10 heteroatoms. The van der Waals surface area contributed by atoms with E-state index in [0.717, 1.165) is 5.56 Å². The van der Waals surface area contributed by atoms with Crippen molar-refractivity contribution in [2.24, 2.45) is 0 Å². The van der Waals surface area contributed by atoms with Gasteiger partial charge in [-0.3, -0.25) is 14.4 Å². The van der Waals surface area contributed by atoms with E-state index in [1.807, 2.05) is 6.07 Å². The number of nitrogens with zero attached hydrogens (tertiary/aromatic N) is 1. The Kier molecular flexibility index (Phi) is 8.55. The maximum absolute atomic E-state index is 12.4. The number of benzene rings is 1. The standard InChI is InChI=1S/C20H22N2O8/c1-2-12-28-20(27)21-15(19(26)30-22-16(23)9-10-17(22)24)8-11-18(25)29-13-14-6-4-3-5-7-14/h2-7,15H,1,8-13H2,(H,21,27)/t15-/m0/s1. The van der Waals surface area contributed by atoms with E-state index in [2.05, 4.69) is 11.9 Å². The second kappa shape index (κ2) is 11.3. The van der Waals surface area contributed by atoms with E-state index < -0.39 is 35.9 Å². The number of imide groups is 1. The van der Waals surface area contributed by atoms with Crippen molar-refractivity contribution >= 4 is 29.8 Å². The van der Waals surface area contributed by atoms with Gasteiger partial charge in [-0.25, -0.2) is 9.59 Å². The normalized spacial score (nSPS) is 14.1. The van der Waals surface area contributed by atoms with Crippen LogP contribution in [0, 0.1) is 0 Å². The summed E-state index contributed by atoms with van der Waals surface area (Å²) in [5, 5.41) is 2.60. The van der Waals surface area contributed by atoms with Crippen LogP contribution in [0.1, 0.15) is 31.2 Å². The predicted octanol–water partition coefficient (Wildman–Crippen LogP) is 1.40. The van der Waals surface area contributed by atoms with E-state index >= 15 is 0 Å². The first kappa shape index (κ1) is 22.6. The number of rotatable bonds is 10. The average molecular weight is 418 g/mol. The number of nitrogens with one attached hydrogen (secondary N) is 1. The van der Waals surface area contributed by atoms with Gasteiger partial charge >= 0.3 is 18.0 Å². The smallest absolute Gasteiger partial charge is 0.408 e. The minimum absolute atomic E-state index is 0.0559. The molecule has 0 radical (unpaired) electrons. The van der Waals surface area contributed by atoms with Crippen LogP contribution in [0.5, 0.6) is 0 Å². The Labute approximate surface area is 172 Å². The molecule has 1 N–H and O–H groups in total. The number of amides is 3. The lowest BCUT2D eigenvalue weighted by Crippen LogP contribution is -2.45. The number of carbonyl (C=O) groups is 5. The summed E-state index contributed by atoms with van der Waals surface area (Å²) in [6.07, 6.45) is -0.180. The Morgan fingerprint density at radius 3 is 2.40 bits per heavy atom. The van der Waals surface area contributed by atoms with Gasteiger partial charge in [0.15, 0.2) is 0 Å². The SMILES string of the molecule is C=CCOC(=O)N[C@@H](CCC(=O)OCc1ccccc1)C(=O)ON1C(=O)CCC1=O. The van der Waals surface area contributed by atoms with E-state index in [-0.39, 0.29) is 38.9 Å². The number of esters is 1. The topological polar surface area (TPSA) is 128 Å². The minimum atomic E-state index is -1.34. The van der Waals surface area contributed by atoms with Crippen molar-refractivity contribution in [3.8, 4) is 0 Å². The van der Waals surface area contributed by atoms with E-state index in [1.54, 1.807) is 24.3 Å². The second-order valence-corrected chi connectivity index (χ2v) is 6.26. The molecule has 2 rings (SSSR count). The van der Waals surface area contributed by atoms with Gasteiger partial charge in [-0.15, -0.1) is 5.06 Å². The fourth-order valence-electron chi connectivity index (χ4n) is 2.45. The zero-order valence-electron chi connectivity index (χ0n) is 16.2. The third-order valence-corrected chi connectivity index (χ3v) is 3.98. The molecule has 160 valence electrons. The second-order valence-electron chi connectivity index (χ2n) is 6.26. The molecule has 1 aromatic rings. The molecule has 1 saturated heterocycles. The first-order chi connectivity index (χ1) is 14.4. The van der Waals surface area contributed by atoms with Crippen LogP contribution in [0.15, 0.2) is 43.0 Å². The zero-order chi connectivity index (χ0) is 21.9. The van der Waals surface area contributed by atoms with Crippen LogP contribution in [0.25, 0.3) is 0 Å². The number of alkyl carbamates (subject to hydrolysis) is 1. The molecule has 1 heterocycles. The molecular formula is C20H22N2O8. The summed E-state index contributed by atoms with van der Waals surface area (Å²) in [6.45, 7) is 3.35. The summed E-state index contributed by atoms with van der Waals surface area (Å²) in [5.74, 6) is -3.01. The van der Waals surface area contributed by atoms with Crippen molar-refractivity contribution in [3.05, 3.63) is 48.6 Å². The molecule has 1 aliphatic heterocycles. The molecule has 30 heavy (non-hydrogen) atoms. The van der Waals surface area contributed by atoms with Crippen molar-refractivity contribution in [2.75, 3.05) is 6.61 Å². The molecule has 1 atom stereocenters. The monoisotopic (exact) mass is 418 g/mol. The van der Waals surface area contributed by atoms with Crippen molar-refractivity contribution in [3.63, 3.8) is 0 Å². The summed E-state index contributed by atoms with van der Waals surface area (Å²) < 4.78 is 9.89. The van der Waals surface area contributed by atoms with Crippen molar-refractivity contribution in [2.45, 2.75) is 38.3 Å². The number of hydroxylamine groups is 2. The molecule has 10 nitrogen and oxygen atoms in total. The third-order valence-electron chi connectivity index (χ3n) is 3.98. The van der Waals surface area contributed by atoms with Gasteiger partial charge < -0.3 is 19.6 Å². The van der Waals surface area contributed by atoms with Crippen LogP contribution in [-0.2, 0) is 40.1 Å². The Morgan fingerprint density at radius 1 is 1.10 bits per heavy atom. The van der Waals surface area contributed by atoms with Gasteiger partial charge in [0.1, 0.15) is 19.3 Å². The van der Waals surface area contributed by atoms with Gasteiger partial charge in [-0.05, 0) is 12.0 Å². The van der Waals surface area contributed by atoms with Crippen molar-refractivity contribution in [1.29, 1.82) is 0 Å². The lowest BCUT2D eigenvalue weighted by Gasteiger charge is -2.19. The van der Waals surface area contributed by atoms with E-state index in [9.17, 15) is 24.0 Å². The van der Waals surface area contributed by atoms with Gasteiger partial charge in [0.25, 0.3) is 11.8 Å². The lowest BCUT2D eigenvalue weighted by molar-refractivity contribution is -0.199. The molecule has 1 aromatic carbocycles. The first-order valence-electron chi connectivity index (χ1n) is 9.22. The molecule has 1 fully saturated rings.